The van der Waals surface area contributed by atoms with Crippen LogP contribution in [0, 0.1) is 0 Å². The fraction of sp³-hybridized carbons (Fsp3) is 0.400. The number of aromatic nitrogens is 1. The van der Waals surface area contributed by atoms with Crippen molar-refractivity contribution in [2.24, 2.45) is 0 Å². The molecular formula is C15H17BrN2O2. The van der Waals surface area contributed by atoms with E-state index >= 15 is 0 Å². The summed E-state index contributed by atoms with van der Waals surface area (Å²) in [5.41, 5.74) is 1.00. The highest BCUT2D eigenvalue weighted by Gasteiger charge is 2.19. The van der Waals surface area contributed by atoms with Crippen LogP contribution in [0.15, 0.2) is 39.4 Å². The third-order valence-electron chi connectivity index (χ3n) is 3.53. The number of hydrogen-bond acceptors (Lipinski definition) is 4. The number of piperidine rings is 1. The minimum atomic E-state index is -0.221. The Bertz CT molecular complexity index is 585. The molecule has 1 saturated heterocycles. The van der Waals surface area contributed by atoms with Crippen molar-refractivity contribution in [2.45, 2.75) is 25.5 Å². The number of benzene rings is 1. The monoisotopic (exact) mass is 336 g/mol. The van der Waals surface area contributed by atoms with E-state index in [1.54, 1.807) is 6.20 Å². The smallest absolute Gasteiger partial charge is 0.209 e. The van der Waals surface area contributed by atoms with Gasteiger partial charge in [-0.15, -0.1) is 0 Å². The van der Waals surface area contributed by atoms with E-state index in [1.807, 2.05) is 24.3 Å². The van der Waals surface area contributed by atoms with Gasteiger partial charge in [-0.3, -0.25) is 4.90 Å². The fourth-order valence-corrected chi connectivity index (χ4v) is 3.02. The number of likely N-dealkylation sites (tertiary alicyclic amines) is 1. The Hall–Kier alpha value is -1.17. The van der Waals surface area contributed by atoms with E-state index < -0.39 is 0 Å². The molecule has 0 saturated carbocycles. The van der Waals surface area contributed by atoms with E-state index in [0.29, 0.717) is 19.0 Å². The van der Waals surface area contributed by atoms with Crippen molar-refractivity contribution in [3.8, 4) is 11.3 Å². The SMILES string of the molecule is OC1CCCN(Cc2ncc(-c3ccccc3Br)o2)C1. The molecule has 1 unspecified atom stereocenters. The Morgan fingerprint density at radius 1 is 1.40 bits per heavy atom. The molecule has 20 heavy (non-hydrogen) atoms. The molecule has 1 aliphatic heterocycles. The Morgan fingerprint density at radius 3 is 3.05 bits per heavy atom. The third kappa shape index (κ3) is 3.11. The van der Waals surface area contributed by atoms with Crippen LogP contribution in [0.1, 0.15) is 18.7 Å². The molecule has 2 aromatic rings. The van der Waals surface area contributed by atoms with Gasteiger partial charge in [0.25, 0.3) is 0 Å². The Labute approximate surface area is 126 Å². The topological polar surface area (TPSA) is 49.5 Å². The number of aliphatic hydroxyl groups is 1. The van der Waals surface area contributed by atoms with Crippen molar-refractivity contribution in [3.63, 3.8) is 0 Å². The molecule has 106 valence electrons. The number of aliphatic hydroxyl groups excluding tert-OH is 1. The Kier molecular flexibility index (Phi) is 4.19. The van der Waals surface area contributed by atoms with Crippen LogP contribution < -0.4 is 0 Å². The summed E-state index contributed by atoms with van der Waals surface area (Å²) in [6, 6.07) is 7.93. The summed E-state index contributed by atoms with van der Waals surface area (Å²) in [6.07, 6.45) is 3.46. The van der Waals surface area contributed by atoms with E-state index in [-0.39, 0.29) is 6.10 Å². The fourth-order valence-electron chi connectivity index (χ4n) is 2.53. The van der Waals surface area contributed by atoms with Crippen molar-refractivity contribution >= 4 is 15.9 Å². The molecule has 2 heterocycles. The zero-order chi connectivity index (χ0) is 13.9. The van der Waals surface area contributed by atoms with Crippen molar-refractivity contribution in [3.05, 3.63) is 40.8 Å². The lowest BCUT2D eigenvalue weighted by Gasteiger charge is -2.28. The molecule has 1 N–H and O–H groups in total. The molecule has 1 fully saturated rings. The van der Waals surface area contributed by atoms with Gasteiger partial charge in [-0.05, 0) is 25.5 Å². The van der Waals surface area contributed by atoms with Crippen molar-refractivity contribution < 1.29 is 9.52 Å². The van der Waals surface area contributed by atoms with Gasteiger partial charge in [0.1, 0.15) is 0 Å². The lowest BCUT2D eigenvalue weighted by molar-refractivity contribution is 0.0625. The van der Waals surface area contributed by atoms with Gasteiger partial charge in [0.2, 0.25) is 5.89 Å². The number of hydrogen-bond donors (Lipinski definition) is 1. The van der Waals surface area contributed by atoms with Crippen LogP contribution >= 0.6 is 15.9 Å². The predicted molar refractivity (Wildman–Crippen MR) is 80.2 cm³/mol. The zero-order valence-corrected chi connectivity index (χ0v) is 12.7. The van der Waals surface area contributed by atoms with Gasteiger partial charge in [0.15, 0.2) is 5.76 Å². The van der Waals surface area contributed by atoms with Crippen molar-refractivity contribution in [1.29, 1.82) is 0 Å². The summed E-state index contributed by atoms with van der Waals surface area (Å²) in [5, 5.41) is 9.68. The second-order valence-corrected chi connectivity index (χ2v) is 5.98. The van der Waals surface area contributed by atoms with Crippen LogP contribution in [-0.2, 0) is 6.54 Å². The largest absolute Gasteiger partial charge is 0.439 e. The first-order valence-corrected chi connectivity index (χ1v) is 7.61. The molecule has 0 aliphatic carbocycles. The quantitative estimate of drug-likeness (QED) is 0.935. The summed E-state index contributed by atoms with van der Waals surface area (Å²) in [6.45, 7) is 2.35. The second-order valence-electron chi connectivity index (χ2n) is 5.13. The molecule has 0 amide bonds. The molecule has 1 aromatic carbocycles. The molecule has 5 heteroatoms. The molecule has 4 nitrogen and oxygen atoms in total. The van der Waals surface area contributed by atoms with Gasteiger partial charge in [0.05, 0.1) is 18.8 Å². The summed E-state index contributed by atoms with van der Waals surface area (Å²) in [5.74, 6) is 1.47. The van der Waals surface area contributed by atoms with Crippen molar-refractivity contribution in [1.82, 2.24) is 9.88 Å². The van der Waals surface area contributed by atoms with Gasteiger partial charge in [0, 0.05) is 16.6 Å². The highest BCUT2D eigenvalue weighted by molar-refractivity contribution is 9.10. The van der Waals surface area contributed by atoms with E-state index in [1.165, 1.54) is 0 Å². The lowest BCUT2D eigenvalue weighted by atomic mass is 10.1. The highest BCUT2D eigenvalue weighted by atomic mass is 79.9. The normalized spacial score (nSPS) is 20.2. The van der Waals surface area contributed by atoms with Crippen LogP contribution in [0.5, 0.6) is 0 Å². The van der Waals surface area contributed by atoms with Gasteiger partial charge in [-0.25, -0.2) is 4.98 Å². The first-order chi connectivity index (χ1) is 9.72. The summed E-state index contributed by atoms with van der Waals surface area (Å²) >= 11 is 3.52. The standard InChI is InChI=1S/C15H17BrN2O2/c16-13-6-2-1-5-12(13)14-8-17-15(20-14)10-18-7-3-4-11(19)9-18/h1-2,5-6,8,11,19H,3-4,7,9-10H2. The summed E-state index contributed by atoms with van der Waals surface area (Å²) in [7, 11) is 0. The molecule has 1 aliphatic rings. The van der Waals surface area contributed by atoms with Crippen LogP contribution in [0.25, 0.3) is 11.3 Å². The van der Waals surface area contributed by atoms with Crippen LogP contribution in [0.4, 0.5) is 0 Å². The highest BCUT2D eigenvalue weighted by Crippen LogP contribution is 2.28. The first kappa shape index (κ1) is 13.8. The van der Waals surface area contributed by atoms with E-state index in [9.17, 15) is 5.11 Å². The maximum absolute atomic E-state index is 9.68. The van der Waals surface area contributed by atoms with E-state index in [2.05, 4.69) is 25.8 Å². The molecular weight excluding hydrogens is 320 g/mol. The Morgan fingerprint density at radius 2 is 2.25 bits per heavy atom. The molecule has 3 rings (SSSR count). The molecule has 0 bridgehead atoms. The molecule has 0 spiro atoms. The maximum atomic E-state index is 9.68. The second kappa shape index (κ2) is 6.08. The van der Waals surface area contributed by atoms with Gasteiger partial charge < -0.3 is 9.52 Å². The van der Waals surface area contributed by atoms with Crippen molar-refractivity contribution in [2.75, 3.05) is 13.1 Å². The van der Waals surface area contributed by atoms with Crippen LogP contribution in [-0.4, -0.2) is 34.2 Å². The lowest BCUT2D eigenvalue weighted by Crippen LogP contribution is -2.37. The average molecular weight is 337 g/mol. The molecule has 1 aromatic heterocycles. The molecule has 1 atom stereocenters. The minimum absolute atomic E-state index is 0.221. The number of halogens is 1. The third-order valence-corrected chi connectivity index (χ3v) is 4.22. The number of nitrogens with zero attached hydrogens (tertiary/aromatic N) is 2. The maximum Gasteiger partial charge on any atom is 0.209 e. The first-order valence-electron chi connectivity index (χ1n) is 6.82. The van der Waals surface area contributed by atoms with Gasteiger partial charge in [-0.1, -0.05) is 34.1 Å². The van der Waals surface area contributed by atoms with Gasteiger partial charge >= 0.3 is 0 Å². The minimum Gasteiger partial charge on any atom is -0.439 e. The van der Waals surface area contributed by atoms with Crippen LogP contribution in [0.3, 0.4) is 0 Å². The van der Waals surface area contributed by atoms with E-state index in [4.69, 9.17) is 4.42 Å². The number of oxazole rings is 1. The van der Waals surface area contributed by atoms with Gasteiger partial charge in [-0.2, -0.15) is 0 Å². The predicted octanol–water partition coefficient (Wildman–Crippen LogP) is 3.06. The zero-order valence-electron chi connectivity index (χ0n) is 11.1. The average Bonchev–Trinajstić information content (AvgIpc) is 2.87. The summed E-state index contributed by atoms with van der Waals surface area (Å²) < 4.78 is 6.82. The molecule has 0 radical (unpaired) electrons. The number of β-amino-alcohol motifs (C(OH)–C–C–N with tert-alkyl or cyclic N) is 1. The van der Waals surface area contributed by atoms with Crippen LogP contribution in [0.2, 0.25) is 0 Å². The Balaban J connectivity index is 1.72. The number of rotatable bonds is 3. The summed E-state index contributed by atoms with van der Waals surface area (Å²) in [4.78, 5) is 6.53. The van der Waals surface area contributed by atoms with E-state index in [0.717, 1.165) is 35.2 Å².